The summed E-state index contributed by atoms with van der Waals surface area (Å²) < 4.78 is 1.17. The van der Waals surface area contributed by atoms with Crippen molar-refractivity contribution in [3.8, 4) is 0 Å². The zero-order valence-electron chi connectivity index (χ0n) is 7.89. The lowest BCUT2D eigenvalue weighted by atomic mass is 9.95. The Balaban J connectivity index is 3.01. The van der Waals surface area contributed by atoms with Gasteiger partial charge in [-0.2, -0.15) is 0 Å². The zero-order valence-corrected chi connectivity index (χ0v) is 9.48. The Hall–Kier alpha value is -0.300. The molecule has 0 nitrogen and oxygen atoms in total. The smallest absolute Gasteiger partial charge is 0.0178 e. The topological polar surface area (TPSA) is 0 Å². The van der Waals surface area contributed by atoms with Crippen LogP contribution >= 0.6 is 15.9 Å². The fourth-order valence-corrected chi connectivity index (χ4v) is 1.89. The summed E-state index contributed by atoms with van der Waals surface area (Å²) in [4.78, 5) is 0. The van der Waals surface area contributed by atoms with Crippen molar-refractivity contribution in [2.24, 2.45) is 0 Å². The first kappa shape index (κ1) is 9.79. The Kier molecular flexibility index (Phi) is 3.33. The van der Waals surface area contributed by atoms with Gasteiger partial charge in [0.25, 0.3) is 0 Å². The van der Waals surface area contributed by atoms with E-state index in [-0.39, 0.29) is 0 Å². The van der Waals surface area contributed by atoms with Crippen LogP contribution in [0.4, 0.5) is 0 Å². The molecule has 0 aliphatic heterocycles. The molecule has 0 saturated carbocycles. The second-order valence-corrected chi connectivity index (χ2v) is 4.23. The van der Waals surface area contributed by atoms with Crippen molar-refractivity contribution in [3.63, 3.8) is 0 Å². The number of aryl methyl sites for hydroxylation is 1. The Labute approximate surface area is 83.1 Å². The molecule has 0 N–H and O–H groups in total. The first-order valence-corrected chi connectivity index (χ1v) is 5.20. The third-order valence-corrected chi connectivity index (χ3v) is 2.87. The Morgan fingerprint density at radius 1 is 1.42 bits per heavy atom. The van der Waals surface area contributed by atoms with Crippen LogP contribution in [0.3, 0.4) is 0 Å². The molecule has 0 aromatic heterocycles. The van der Waals surface area contributed by atoms with E-state index in [0.29, 0.717) is 5.92 Å². The normalized spacial score (nSPS) is 13.0. The largest absolute Gasteiger partial charge is 0.0648 e. The predicted octanol–water partition coefficient (Wildman–Crippen LogP) is 4.27. The van der Waals surface area contributed by atoms with Gasteiger partial charge in [-0.15, -0.1) is 0 Å². The van der Waals surface area contributed by atoms with Gasteiger partial charge in [0, 0.05) is 4.47 Å². The lowest BCUT2D eigenvalue weighted by Gasteiger charge is -2.12. The van der Waals surface area contributed by atoms with Crippen LogP contribution in [0.1, 0.15) is 37.3 Å². The van der Waals surface area contributed by atoms with E-state index in [1.807, 2.05) is 0 Å². The van der Waals surface area contributed by atoms with E-state index in [9.17, 15) is 0 Å². The van der Waals surface area contributed by atoms with Gasteiger partial charge >= 0.3 is 0 Å². The highest BCUT2D eigenvalue weighted by Crippen LogP contribution is 2.24. The average Bonchev–Trinajstić information content (AvgIpc) is 2.03. The molecule has 1 aromatic rings. The second-order valence-electron chi connectivity index (χ2n) is 3.31. The van der Waals surface area contributed by atoms with Gasteiger partial charge in [-0.05, 0) is 42.5 Å². The van der Waals surface area contributed by atoms with Gasteiger partial charge in [0.15, 0.2) is 0 Å². The minimum Gasteiger partial charge on any atom is -0.0648 e. The standard InChI is InChI=1S/C11H15Br/c1-4-8(2)11-6-5-10(12)7-9(11)3/h5-8H,4H2,1-3H3/t8-/m0/s1. The summed E-state index contributed by atoms with van der Waals surface area (Å²) in [5.41, 5.74) is 2.86. The van der Waals surface area contributed by atoms with Gasteiger partial charge in [-0.25, -0.2) is 0 Å². The maximum atomic E-state index is 3.47. The molecule has 0 unspecified atom stereocenters. The maximum absolute atomic E-state index is 3.47. The van der Waals surface area contributed by atoms with Crippen LogP contribution in [-0.4, -0.2) is 0 Å². The van der Waals surface area contributed by atoms with Crippen LogP contribution in [0, 0.1) is 6.92 Å². The van der Waals surface area contributed by atoms with Crippen LogP contribution in [-0.2, 0) is 0 Å². The number of benzene rings is 1. The van der Waals surface area contributed by atoms with Crippen molar-refractivity contribution < 1.29 is 0 Å². The van der Waals surface area contributed by atoms with E-state index < -0.39 is 0 Å². The molecule has 0 heterocycles. The van der Waals surface area contributed by atoms with E-state index in [4.69, 9.17) is 0 Å². The highest BCUT2D eigenvalue weighted by molar-refractivity contribution is 9.10. The van der Waals surface area contributed by atoms with Crippen molar-refractivity contribution in [2.45, 2.75) is 33.1 Å². The summed E-state index contributed by atoms with van der Waals surface area (Å²) in [6.07, 6.45) is 1.21. The summed E-state index contributed by atoms with van der Waals surface area (Å²) in [6, 6.07) is 6.52. The zero-order chi connectivity index (χ0) is 9.14. The molecule has 0 saturated heterocycles. The molecular formula is C11H15Br. The summed E-state index contributed by atoms with van der Waals surface area (Å²) >= 11 is 3.47. The van der Waals surface area contributed by atoms with Gasteiger partial charge in [-0.3, -0.25) is 0 Å². The molecule has 0 bridgehead atoms. The molecule has 1 heteroatoms. The van der Waals surface area contributed by atoms with E-state index >= 15 is 0 Å². The average molecular weight is 227 g/mol. The molecule has 0 radical (unpaired) electrons. The van der Waals surface area contributed by atoms with Gasteiger partial charge in [-0.1, -0.05) is 35.8 Å². The van der Waals surface area contributed by atoms with Gasteiger partial charge in [0.05, 0.1) is 0 Å². The molecule has 1 aromatic carbocycles. The SMILES string of the molecule is CC[C@H](C)c1ccc(Br)cc1C. The molecule has 0 aliphatic carbocycles. The van der Waals surface area contributed by atoms with Crippen LogP contribution in [0.5, 0.6) is 0 Å². The van der Waals surface area contributed by atoms with Crippen molar-refractivity contribution in [1.29, 1.82) is 0 Å². The first-order valence-electron chi connectivity index (χ1n) is 4.41. The first-order chi connectivity index (χ1) is 5.65. The molecular weight excluding hydrogens is 212 g/mol. The monoisotopic (exact) mass is 226 g/mol. The van der Waals surface area contributed by atoms with Gasteiger partial charge in [0.2, 0.25) is 0 Å². The Morgan fingerprint density at radius 3 is 2.58 bits per heavy atom. The van der Waals surface area contributed by atoms with E-state index in [2.05, 4.69) is 54.9 Å². The Morgan fingerprint density at radius 2 is 2.08 bits per heavy atom. The summed E-state index contributed by atoms with van der Waals surface area (Å²) in [5, 5.41) is 0. The fourth-order valence-electron chi connectivity index (χ4n) is 1.41. The molecule has 1 atom stereocenters. The maximum Gasteiger partial charge on any atom is 0.0178 e. The van der Waals surface area contributed by atoms with Crippen LogP contribution in [0.25, 0.3) is 0 Å². The third kappa shape index (κ3) is 2.10. The van der Waals surface area contributed by atoms with E-state index in [0.717, 1.165) is 0 Å². The minimum atomic E-state index is 0.679. The van der Waals surface area contributed by atoms with E-state index in [1.54, 1.807) is 0 Å². The number of halogens is 1. The summed E-state index contributed by atoms with van der Waals surface area (Å²) in [7, 11) is 0. The highest BCUT2D eigenvalue weighted by atomic mass is 79.9. The number of rotatable bonds is 2. The number of hydrogen-bond donors (Lipinski definition) is 0. The van der Waals surface area contributed by atoms with Crippen molar-refractivity contribution in [3.05, 3.63) is 33.8 Å². The quantitative estimate of drug-likeness (QED) is 0.707. The molecule has 0 amide bonds. The predicted molar refractivity (Wildman–Crippen MR) is 57.6 cm³/mol. The fraction of sp³-hybridized carbons (Fsp3) is 0.455. The van der Waals surface area contributed by atoms with Crippen LogP contribution < -0.4 is 0 Å². The molecule has 0 spiro atoms. The number of hydrogen-bond acceptors (Lipinski definition) is 0. The van der Waals surface area contributed by atoms with E-state index in [1.165, 1.54) is 22.0 Å². The summed E-state index contributed by atoms with van der Waals surface area (Å²) in [6.45, 7) is 6.68. The third-order valence-electron chi connectivity index (χ3n) is 2.38. The molecule has 66 valence electrons. The molecule has 0 aliphatic rings. The summed E-state index contributed by atoms with van der Waals surface area (Å²) in [5.74, 6) is 0.679. The van der Waals surface area contributed by atoms with Crippen molar-refractivity contribution in [2.75, 3.05) is 0 Å². The lowest BCUT2D eigenvalue weighted by Crippen LogP contribution is -1.94. The van der Waals surface area contributed by atoms with Crippen molar-refractivity contribution >= 4 is 15.9 Å². The molecule has 1 rings (SSSR count). The van der Waals surface area contributed by atoms with Crippen LogP contribution in [0.15, 0.2) is 22.7 Å². The second kappa shape index (κ2) is 4.08. The van der Waals surface area contributed by atoms with Gasteiger partial charge < -0.3 is 0 Å². The highest BCUT2D eigenvalue weighted by Gasteiger charge is 2.05. The lowest BCUT2D eigenvalue weighted by molar-refractivity contribution is 0.728. The van der Waals surface area contributed by atoms with Crippen LogP contribution in [0.2, 0.25) is 0 Å². The van der Waals surface area contributed by atoms with Gasteiger partial charge in [0.1, 0.15) is 0 Å². The Bertz CT molecular complexity index is 266. The molecule has 12 heavy (non-hydrogen) atoms. The minimum absolute atomic E-state index is 0.679. The molecule has 0 fully saturated rings. The van der Waals surface area contributed by atoms with Crippen molar-refractivity contribution in [1.82, 2.24) is 0 Å².